The second kappa shape index (κ2) is 9.78. The van der Waals surface area contributed by atoms with Gasteiger partial charge in [-0.15, -0.1) is 0 Å². The summed E-state index contributed by atoms with van der Waals surface area (Å²) in [5, 5.41) is 0. The summed E-state index contributed by atoms with van der Waals surface area (Å²) in [4.78, 5) is 24.5. The molecule has 3 rings (SSSR count). The summed E-state index contributed by atoms with van der Waals surface area (Å²) in [6, 6.07) is 24.8. The van der Waals surface area contributed by atoms with Crippen LogP contribution in [-0.2, 0) is 0 Å². The van der Waals surface area contributed by atoms with Crippen molar-refractivity contribution >= 4 is 11.8 Å². The van der Waals surface area contributed by atoms with E-state index < -0.39 is 11.8 Å². The standard InChI is InChI=1S/C22H20N2O4/c25-21(17-9-3-1-4-10-17)23-24-22(26)19-13-7-8-14-20(19)28-16-15-27-18-11-5-2-6-12-18/h1-14H,15-16H2,(H,23,25)(H,24,26). The maximum atomic E-state index is 12.4. The molecule has 0 heterocycles. The van der Waals surface area contributed by atoms with E-state index in [4.69, 9.17) is 9.47 Å². The van der Waals surface area contributed by atoms with Gasteiger partial charge in [-0.2, -0.15) is 0 Å². The van der Waals surface area contributed by atoms with Crippen LogP contribution in [-0.4, -0.2) is 25.0 Å². The predicted octanol–water partition coefficient (Wildman–Crippen LogP) is 3.22. The molecule has 0 radical (unpaired) electrons. The van der Waals surface area contributed by atoms with Gasteiger partial charge in [0.05, 0.1) is 5.56 Å². The van der Waals surface area contributed by atoms with Crippen LogP contribution in [0.2, 0.25) is 0 Å². The Morgan fingerprint density at radius 2 is 1.21 bits per heavy atom. The molecule has 0 aliphatic carbocycles. The summed E-state index contributed by atoms with van der Waals surface area (Å²) < 4.78 is 11.2. The van der Waals surface area contributed by atoms with E-state index in [1.54, 1.807) is 48.5 Å². The molecule has 0 fully saturated rings. The third-order valence-electron chi connectivity index (χ3n) is 3.81. The summed E-state index contributed by atoms with van der Waals surface area (Å²) in [7, 11) is 0. The number of ether oxygens (including phenoxy) is 2. The summed E-state index contributed by atoms with van der Waals surface area (Å²) >= 11 is 0. The number of amides is 2. The highest BCUT2D eigenvalue weighted by atomic mass is 16.5. The molecule has 2 N–H and O–H groups in total. The first kappa shape index (κ1) is 19.0. The smallest absolute Gasteiger partial charge is 0.273 e. The molecule has 0 spiro atoms. The molecular weight excluding hydrogens is 356 g/mol. The van der Waals surface area contributed by atoms with Crippen molar-refractivity contribution in [2.75, 3.05) is 13.2 Å². The Balaban J connectivity index is 1.52. The van der Waals surface area contributed by atoms with E-state index in [0.29, 0.717) is 23.5 Å². The first-order valence-electron chi connectivity index (χ1n) is 8.79. The van der Waals surface area contributed by atoms with Gasteiger partial charge in [-0.1, -0.05) is 48.5 Å². The first-order valence-corrected chi connectivity index (χ1v) is 8.79. The summed E-state index contributed by atoms with van der Waals surface area (Å²) in [5.74, 6) is 0.291. The number of carbonyl (C=O) groups is 2. The van der Waals surface area contributed by atoms with Crippen molar-refractivity contribution in [2.45, 2.75) is 0 Å². The second-order valence-corrected chi connectivity index (χ2v) is 5.78. The van der Waals surface area contributed by atoms with E-state index in [1.807, 2.05) is 36.4 Å². The number of hydrazine groups is 1. The zero-order valence-electron chi connectivity index (χ0n) is 15.1. The molecule has 3 aromatic rings. The number of hydrogen-bond acceptors (Lipinski definition) is 4. The van der Waals surface area contributed by atoms with Crippen molar-refractivity contribution in [2.24, 2.45) is 0 Å². The number of benzene rings is 3. The minimum atomic E-state index is -0.469. The van der Waals surface area contributed by atoms with E-state index in [2.05, 4.69) is 10.9 Å². The van der Waals surface area contributed by atoms with Gasteiger partial charge in [0.25, 0.3) is 11.8 Å². The molecule has 0 unspecified atom stereocenters. The molecule has 28 heavy (non-hydrogen) atoms. The molecule has 6 nitrogen and oxygen atoms in total. The third kappa shape index (κ3) is 5.35. The Kier molecular flexibility index (Phi) is 6.62. The minimum absolute atomic E-state index is 0.273. The lowest BCUT2D eigenvalue weighted by Crippen LogP contribution is -2.41. The van der Waals surface area contributed by atoms with Crippen LogP contribution in [0.4, 0.5) is 0 Å². The molecule has 0 saturated heterocycles. The number of hydrogen-bond donors (Lipinski definition) is 2. The predicted molar refractivity (Wildman–Crippen MR) is 105 cm³/mol. The van der Waals surface area contributed by atoms with Crippen LogP contribution in [0.15, 0.2) is 84.9 Å². The fourth-order valence-corrected chi connectivity index (χ4v) is 2.45. The quantitative estimate of drug-likeness (QED) is 0.490. The van der Waals surface area contributed by atoms with Crippen LogP contribution < -0.4 is 20.3 Å². The number of para-hydroxylation sites is 2. The number of rotatable bonds is 7. The van der Waals surface area contributed by atoms with Gasteiger partial charge >= 0.3 is 0 Å². The maximum Gasteiger partial charge on any atom is 0.273 e. The Bertz CT molecular complexity index is 914. The molecular formula is C22H20N2O4. The molecule has 0 atom stereocenters. The van der Waals surface area contributed by atoms with Crippen LogP contribution in [0, 0.1) is 0 Å². The van der Waals surface area contributed by atoms with Gasteiger partial charge in [0.1, 0.15) is 24.7 Å². The molecule has 142 valence electrons. The Hall–Kier alpha value is -3.80. The average Bonchev–Trinajstić information content (AvgIpc) is 2.76. The topological polar surface area (TPSA) is 76.7 Å². The van der Waals surface area contributed by atoms with Gasteiger partial charge in [-0.3, -0.25) is 20.4 Å². The van der Waals surface area contributed by atoms with Crippen LogP contribution in [0.5, 0.6) is 11.5 Å². The van der Waals surface area contributed by atoms with Gasteiger partial charge in [-0.25, -0.2) is 0 Å². The Morgan fingerprint density at radius 1 is 0.643 bits per heavy atom. The van der Waals surface area contributed by atoms with Crippen molar-refractivity contribution in [1.29, 1.82) is 0 Å². The largest absolute Gasteiger partial charge is 0.490 e. The van der Waals surface area contributed by atoms with Gasteiger partial charge in [-0.05, 0) is 36.4 Å². The van der Waals surface area contributed by atoms with Crippen LogP contribution in [0.3, 0.4) is 0 Å². The van der Waals surface area contributed by atoms with Crippen molar-refractivity contribution in [1.82, 2.24) is 10.9 Å². The van der Waals surface area contributed by atoms with Gasteiger partial charge < -0.3 is 9.47 Å². The molecule has 6 heteroatoms. The summed E-state index contributed by atoms with van der Waals surface area (Å²) in [5.41, 5.74) is 5.56. The van der Waals surface area contributed by atoms with Crippen LogP contribution in [0.25, 0.3) is 0 Å². The number of carbonyl (C=O) groups excluding carboxylic acids is 2. The van der Waals surface area contributed by atoms with Crippen LogP contribution in [0.1, 0.15) is 20.7 Å². The van der Waals surface area contributed by atoms with Crippen molar-refractivity contribution < 1.29 is 19.1 Å². The maximum absolute atomic E-state index is 12.4. The number of nitrogens with one attached hydrogen (secondary N) is 2. The monoisotopic (exact) mass is 376 g/mol. The van der Waals surface area contributed by atoms with Gasteiger partial charge in [0.2, 0.25) is 0 Å². The van der Waals surface area contributed by atoms with E-state index in [-0.39, 0.29) is 6.61 Å². The Labute approximate surface area is 163 Å². The SMILES string of the molecule is O=C(NNC(=O)c1ccccc1OCCOc1ccccc1)c1ccccc1. The highest BCUT2D eigenvalue weighted by molar-refractivity contribution is 6.00. The molecule has 0 saturated carbocycles. The molecule has 3 aromatic carbocycles. The highest BCUT2D eigenvalue weighted by Gasteiger charge is 2.13. The van der Waals surface area contributed by atoms with E-state index >= 15 is 0 Å². The van der Waals surface area contributed by atoms with Crippen molar-refractivity contribution in [3.63, 3.8) is 0 Å². The fourth-order valence-electron chi connectivity index (χ4n) is 2.45. The normalized spacial score (nSPS) is 10.0. The molecule has 0 bridgehead atoms. The minimum Gasteiger partial charge on any atom is -0.490 e. The summed E-state index contributed by atoms with van der Waals surface area (Å²) in [6.45, 7) is 0.611. The van der Waals surface area contributed by atoms with E-state index in [1.165, 1.54) is 0 Å². The van der Waals surface area contributed by atoms with Crippen molar-refractivity contribution in [3.8, 4) is 11.5 Å². The first-order chi connectivity index (χ1) is 13.7. The van der Waals surface area contributed by atoms with Crippen LogP contribution >= 0.6 is 0 Å². The van der Waals surface area contributed by atoms with Gasteiger partial charge in [0, 0.05) is 5.56 Å². The zero-order valence-corrected chi connectivity index (χ0v) is 15.1. The lowest BCUT2D eigenvalue weighted by molar-refractivity contribution is 0.0844. The highest BCUT2D eigenvalue weighted by Crippen LogP contribution is 2.18. The lowest BCUT2D eigenvalue weighted by Gasteiger charge is -2.13. The summed E-state index contributed by atoms with van der Waals surface area (Å²) in [6.07, 6.45) is 0. The molecule has 0 aliphatic heterocycles. The Morgan fingerprint density at radius 3 is 1.96 bits per heavy atom. The van der Waals surface area contributed by atoms with E-state index in [9.17, 15) is 9.59 Å². The molecule has 0 aromatic heterocycles. The fraction of sp³-hybridized carbons (Fsp3) is 0.0909. The van der Waals surface area contributed by atoms with Gasteiger partial charge in [0.15, 0.2) is 0 Å². The lowest BCUT2D eigenvalue weighted by atomic mass is 10.2. The molecule has 0 aliphatic rings. The van der Waals surface area contributed by atoms with E-state index in [0.717, 1.165) is 5.75 Å². The van der Waals surface area contributed by atoms with Crippen molar-refractivity contribution in [3.05, 3.63) is 96.1 Å². The zero-order chi connectivity index (χ0) is 19.6. The second-order valence-electron chi connectivity index (χ2n) is 5.78. The third-order valence-corrected chi connectivity index (χ3v) is 3.81. The molecule has 2 amide bonds. The average molecular weight is 376 g/mol.